The number of hydrogen-bond donors (Lipinski definition) is 0. The Labute approximate surface area is 793 Å². The fourth-order valence-electron chi connectivity index (χ4n) is 21.5. The van der Waals surface area contributed by atoms with Crippen LogP contribution in [0.4, 0.5) is 0 Å². The summed E-state index contributed by atoms with van der Waals surface area (Å²) in [6, 6.07) is 172. The van der Waals surface area contributed by atoms with E-state index < -0.39 is 0 Å². The first-order chi connectivity index (χ1) is 68.4. The number of benzene rings is 18. The highest BCUT2D eigenvalue weighted by atomic mass is 15.1. The van der Waals surface area contributed by atoms with Crippen LogP contribution in [0.3, 0.4) is 0 Å². The number of para-hydroxylation sites is 12. The summed E-state index contributed by atoms with van der Waals surface area (Å²) in [5, 5.41) is 15.0. The zero-order valence-corrected chi connectivity index (χ0v) is 74.8. The van der Waals surface area contributed by atoms with Crippen molar-refractivity contribution in [2.75, 3.05) is 0 Å². The monoisotopic (exact) mass is 1760 g/mol. The molecular weight excluding hydrogens is 1680 g/mol. The van der Waals surface area contributed by atoms with Crippen LogP contribution in [0.25, 0.3) is 244 Å². The average Bonchev–Trinajstić information content (AvgIpc) is 1.58. The number of nitrogens with zero attached hydrogens (tertiary/aromatic N) is 11. The van der Waals surface area contributed by atoms with Crippen molar-refractivity contribution < 1.29 is 0 Å². The summed E-state index contributed by atoms with van der Waals surface area (Å²) < 4.78 is 18.6. The second-order valence-electron chi connectivity index (χ2n) is 35.5. The van der Waals surface area contributed by atoms with E-state index in [9.17, 15) is 0 Å². The number of aromatic nitrogens is 11. The minimum Gasteiger partial charge on any atom is -0.309 e. The van der Waals surface area contributed by atoms with E-state index in [-0.39, 0.29) is 0 Å². The number of pyridine rings is 3. The molecule has 0 amide bonds. The summed E-state index contributed by atoms with van der Waals surface area (Å²) in [7, 11) is 0. The van der Waals surface area contributed by atoms with Gasteiger partial charge in [-0.2, -0.15) is 0 Å². The Balaban J connectivity index is 0.000000105. The molecular formula is C127H83N11. The quantitative estimate of drug-likeness (QED) is 0.122. The van der Waals surface area contributed by atoms with Gasteiger partial charge in [-0.1, -0.05) is 315 Å². The molecule has 0 aliphatic heterocycles. The van der Waals surface area contributed by atoms with E-state index in [1.807, 2.05) is 30.3 Å². The fraction of sp³-hybridized carbons (Fsp3) is 0. The zero-order chi connectivity index (χ0) is 90.8. The van der Waals surface area contributed by atoms with Crippen molar-refractivity contribution in [2.24, 2.45) is 0 Å². The van der Waals surface area contributed by atoms with E-state index >= 15 is 0 Å². The summed E-state index contributed by atoms with van der Waals surface area (Å²) in [5.41, 5.74) is 35.4. The largest absolute Gasteiger partial charge is 0.309 e. The Hall–Kier alpha value is -18.7. The minimum absolute atomic E-state index is 0.933. The van der Waals surface area contributed by atoms with Crippen LogP contribution in [0.5, 0.6) is 0 Å². The molecule has 0 N–H and O–H groups in total. The molecule has 11 heteroatoms. The van der Waals surface area contributed by atoms with Gasteiger partial charge in [-0.3, -0.25) is 0 Å². The van der Waals surface area contributed by atoms with Gasteiger partial charge in [-0.25, -0.2) is 15.0 Å². The van der Waals surface area contributed by atoms with Gasteiger partial charge in [0, 0.05) is 146 Å². The van der Waals surface area contributed by atoms with Gasteiger partial charge < -0.3 is 36.2 Å². The molecule has 0 atom stereocenters. The van der Waals surface area contributed by atoms with E-state index in [0.717, 1.165) is 113 Å². The Morgan fingerprint density at radius 2 is 0.355 bits per heavy atom. The van der Waals surface area contributed by atoms with Gasteiger partial charge in [-0.15, -0.1) is 0 Å². The SMILES string of the molecule is c1ccc(-c2cc(-c3cc(-n4c5ccccc5c5ccccc54)cc(-n4c5ccccc5c5ccccc54)c3)cc(-c3ccccc3)n2)cc1.c1ccc(-c2cn3ccccc3n2)c(-c2cc(-n3c4ccccc4c4ccccc43)cc(-n3c4ccccc4c4ccccc43)c2)c1.c1ccc2c(c1)c1ccccc1n2-c1cc(-c2cn3ccccc3n2)cc(-n2c3ccccc3c3ccccc32)c1. The standard InChI is InChI=1S/C47H31N3.C43H28N4.C37H24N4/c1-3-15-32(16-4-1)42-29-35(30-43(48-42)33-17-5-2-6-18-33)34-27-36(49-44-23-11-7-19-38(44)39-20-8-12-24-45(39)49)31-37(28-34)50-46-25-13-9-21-40(46)41-22-10-14-26-47(41)50;1-2-14-33(38-28-45-24-12-11-23-43(45)44-38)32(13-1)29-25-30(46-39-19-7-3-15-34(39)35-16-4-8-20-40(35)46)27-31(26-29)47-41-21-9-5-17-36(41)37-18-6-10-22-42(37)47;1-5-15-33-28(11-1)29-12-2-6-16-34(29)40(33)26-21-25(32-24-39-20-10-9-19-37(39)38-32)22-27(23-26)41-35-17-7-3-13-30(35)31-14-4-8-18-36(31)41/h1-31H;1-28H;1-24H. The smallest absolute Gasteiger partial charge is 0.137 e. The second kappa shape index (κ2) is 32.6. The molecule has 11 nitrogen and oxygen atoms in total. The van der Waals surface area contributed by atoms with E-state index in [2.05, 4.69) is 510 Å². The Bertz CT molecular complexity index is 9060. The molecule has 138 heavy (non-hydrogen) atoms. The van der Waals surface area contributed by atoms with Gasteiger partial charge in [-0.05, 0) is 186 Å². The van der Waals surface area contributed by atoms with Crippen molar-refractivity contribution in [3.63, 3.8) is 0 Å². The predicted molar refractivity (Wildman–Crippen MR) is 573 cm³/mol. The number of fused-ring (bicyclic) bond motifs is 20. The van der Waals surface area contributed by atoms with Crippen molar-refractivity contribution >= 4 is 142 Å². The third-order valence-electron chi connectivity index (χ3n) is 27.6. The summed E-state index contributed by atoms with van der Waals surface area (Å²) in [6.45, 7) is 0. The normalized spacial score (nSPS) is 11.8. The van der Waals surface area contributed by atoms with Gasteiger partial charge >= 0.3 is 0 Å². The molecule has 11 aromatic heterocycles. The van der Waals surface area contributed by atoms with Crippen LogP contribution in [0.1, 0.15) is 0 Å². The lowest BCUT2D eigenvalue weighted by Gasteiger charge is -2.17. The van der Waals surface area contributed by atoms with Crippen molar-refractivity contribution in [1.82, 2.24) is 51.2 Å². The van der Waals surface area contributed by atoms with Crippen LogP contribution in [-0.2, 0) is 0 Å². The highest BCUT2D eigenvalue weighted by Gasteiger charge is 2.25. The molecule has 0 aliphatic carbocycles. The average molecular weight is 1760 g/mol. The first-order valence-corrected chi connectivity index (χ1v) is 46.9. The molecule has 11 heterocycles. The molecule has 29 rings (SSSR count). The van der Waals surface area contributed by atoms with Crippen LogP contribution in [0.15, 0.2) is 504 Å². The van der Waals surface area contributed by atoms with Crippen LogP contribution < -0.4 is 0 Å². The van der Waals surface area contributed by atoms with Crippen LogP contribution in [-0.4, -0.2) is 51.2 Å². The molecule has 0 aliphatic rings. The lowest BCUT2D eigenvalue weighted by Crippen LogP contribution is -2.00. The summed E-state index contributed by atoms with van der Waals surface area (Å²) >= 11 is 0. The van der Waals surface area contributed by atoms with Gasteiger partial charge in [0.2, 0.25) is 0 Å². The molecule has 0 saturated carbocycles. The van der Waals surface area contributed by atoms with E-state index in [4.69, 9.17) is 15.0 Å². The van der Waals surface area contributed by atoms with Gasteiger partial charge in [0.25, 0.3) is 0 Å². The molecule has 0 saturated heterocycles. The number of hydrogen-bond acceptors (Lipinski definition) is 3. The van der Waals surface area contributed by atoms with Crippen LogP contribution >= 0.6 is 0 Å². The maximum absolute atomic E-state index is 5.20. The maximum Gasteiger partial charge on any atom is 0.137 e. The highest BCUT2D eigenvalue weighted by Crippen LogP contribution is 2.46. The fourth-order valence-corrected chi connectivity index (χ4v) is 21.5. The predicted octanol–water partition coefficient (Wildman–Crippen LogP) is 32.3. The lowest BCUT2D eigenvalue weighted by atomic mass is 9.97. The van der Waals surface area contributed by atoms with Gasteiger partial charge in [0.15, 0.2) is 0 Å². The third-order valence-corrected chi connectivity index (χ3v) is 27.6. The van der Waals surface area contributed by atoms with E-state index in [1.165, 1.54) is 131 Å². The molecule has 646 valence electrons. The second-order valence-corrected chi connectivity index (χ2v) is 35.5. The van der Waals surface area contributed by atoms with Crippen molar-refractivity contribution in [2.45, 2.75) is 0 Å². The van der Waals surface area contributed by atoms with Crippen molar-refractivity contribution in [3.8, 4) is 101 Å². The van der Waals surface area contributed by atoms with E-state index in [1.54, 1.807) is 0 Å². The minimum atomic E-state index is 0.933. The van der Waals surface area contributed by atoms with Crippen molar-refractivity contribution in [3.05, 3.63) is 504 Å². The molecule has 0 fully saturated rings. The maximum atomic E-state index is 5.20. The summed E-state index contributed by atoms with van der Waals surface area (Å²) in [4.78, 5) is 15.2. The Kier molecular flexibility index (Phi) is 18.7. The summed E-state index contributed by atoms with van der Waals surface area (Å²) in [6.07, 6.45) is 8.35. The third kappa shape index (κ3) is 13.2. The lowest BCUT2D eigenvalue weighted by molar-refractivity contribution is 1.13. The van der Waals surface area contributed by atoms with Crippen LogP contribution in [0.2, 0.25) is 0 Å². The molecule has 0 bridgehead atoms. The Morgan fingerprint density at radius 1 is 0.138 bits per heavy atom. The topological polar surface area (TPSA) is 77.1 Å². The molecule has 0 spiro atoms. The first kappa shape index (κ1) is 79.1. The molecule has 18 aromatic carbocycles. The zero-order valence-electron chi connectivity index (χ0n) is 74.8. The van der Waals surface area contributed by atoms with E-state index in [0.29, 0.717) is 0 Å². The molecule has 0 unspecified atom stereocenters. The molecule has 29 aromatic rings. The molecule has 0 radical (unpaired) electrons. The van der Waals surface area contributed by atoms with Gasteiger partial charge in [0.05, 0.1) is 89.0 Å². The Morgan fingerprint density at radius 3 is 0.638 bits per heavy atom. The highest BCUT2D eigenvalue weighted by molar-refractivity contribution is 6.15. The van der Waals surface area contributed by atoms with Crippen LogP contribution in [0, 0.1) is 0 Å². The van der Waals surface area contributed by atoms with Crippen molar-refractivity contribution in [1.29, 1.82) is 0 Å². The summed E-state index contributed by atoms with van der Waals surface area (Å²) in [5.74, 6) is 0. The number of rotatable bonds is 12. The number of imidazole rings is 2. The first-order valence-electron chi connectivity index (χ1n) is 46.9. The van der Waals surface area contributed by atoms with Gasteiger partial charge in [0.1, 0.15) is 11.3 Å².